The second-order valence-corrected chi connectivity index (χ2v) is 15.2. The Morgan fingerprint density at radius 3 is 2.05 bits per heavy atom. The van der Waals surface area contributed by atoms with E-state index in [1.807, 2.05) is 24.3 Å². The monoisotopic (exact) mass is 729 g/mol. The number of amidine groups is 1. The highest BCUT2D eigenvalue weighted by Crippen LogP contribution is 2.52. The Balaban J connectivity index is 1.02. The van der Waals surface area contributed by atoms with Crippen molar-refractivity contribution in [3.8, 4) is 16.8 Å². The molecule has 2 aromatic heterocycles. The van der Waals surface area contributed by atoms with E-state index in [0.29, 0.717) is 6.42 Å². The van der Waals surface area contributed by atoms with Crippen LogP contribution < -0.4 is 0 Å². The molecule has 1 aliphatic heterocycles. The number of benzene rings is 8. The topological polar surface area (TPSA) is 42.8 Å². The molecule has 0 saturated carbocycles. The van der Waals surface area contributed by atoms with Crippen LogP contribution in [0.15, 0.2) is 202 Å². The van der Waals surface area contributed by atoms with Gasteiger partial charge in [0, 0.05) is 45.1 Å². The predicted molar refractivity (Wildman–Crippen MR) is 234 cm³/mol. The third-order valence-corrected chi connectivity index (χ3v) is 12.0. The van der Waals surface area contributed by atoms with E-state index in [-0.39, 0.29) is 12.0 Å². The van der Waals surface area contributed by atoms with Crippen LogP contribution in [0.2, 0.25) is 0 Å². The van der Waals surface area contributed by atoms with Crippen molar-refractivity contribution in [2.75, 3.05) is 0 Å². The Labute approximate surface area is 329 Å². The molecule has 0 spiro atoms. The van der Waals surface area contributed by atoms with E-state index in [9.17, 15) is 0 Å². The SMILES string of the molecule is c1ccc(C2=NC(c3ccccc3)=NC(c3ccc4c(c3)oc3cccc(C5c6ccccc6-c6cc7c8ccccc8n(-c8ccccc8)c7cc65)c34)C2)cc1. The molecule has 2 atom stereocenters. The summed E-state index contributed by atoms with van der Waals surface area (Å²) in [5.41, 5.74) is 16.2. The first kappa shape index (κ1) is 32.0. The van der Waals surface area contributed by atoms with Crippen molar-refractivity contribution in [1.82, 2.24) is 4.57 Å². The van der Waals surface area contributed by atoms with E-state index in [1.165, 1.54) is 55.0 Å². The van der Waals surface area contributed by atoms with E-state index in [1.54, 1.807) is 0 Å². The zero-order chi connectivity index (χ0) is 37.5. The van der Waals surface area contributed by atoms with Gasteiger partial charge in [-0.1, -0.05) is 146 Å². The van der Waals surface area contributed by atoms with E-state index in [4.69, 9.17) is 14.4 Å². The maximum Gasteiger partial charge on any atom is 0.155 e. The number of aromatic nitrogens is 1. The van der Waals surface area contributed by atoms with Gasteiger partial charge in [0.1, 0.15) is 11.2 Å². The Hall–Kier alpha value is -7.30. The highest BCUT2D eigenvalue weighted by atomic mass is 16.3. The Bertz CT molecular complexity index is 3260. The lowest BCUT2D eigenvalue weighted by atomic mass is 9.86. The average Bonchev–Trinajstić information content (AvgIpc) is 3.93. The van der Waals surface area contributed by atoms with E-state index in [2.05, 4.69) is 168 Å². The van der Waals surface area contributed by atoms with E-state index in [0.717, 1.165) is 50.5 Å². The first-order valence-electron chi connectivity index (χ1n) is 19.7. The van der Waals surface area contributed by atoms with Gasteiger partial charge in [0.15, 0.2) is 5.84 Å². The summed E-state index contributed by atoms with van der Waals surface area (Å²) in [4.78, 5) is 10.3. The molecule has 0 bridgehead atoms. The number of hydrogen-bond acceptors (Lipinski definition) is 3. The molecule has 0 radical (unpaired) electrons. The molecule has 268 valence electrons. The molecule has 0 saturated heterocycles. The number of nitrogens with zero attached hydrogens (tertiary/aromatic N) is 3. The average molecular weight is 730 g/mol. The minimum atomic E-state index is -0.0997. The van der Waals surface area contributed by atoms with Crippen LogP contribution in [0.3, 0.4) is 0 Å². The van der Waals surface area contributed by atoms with Crippen molar-refractivity contribution in [3.63, 3.8) is 0 Å². The first-order valence-corrected chi connectivity index (χ1v) is 19.7. The molecular formula is C53H35N3O. The van der Waals surface area contributed by atoms with Crippen LogP contribution in [0.4, 0.5) is 0 Å². The van der Waals surface area contributed by atoms with Crippen LogP contribution in [0.5, 0.6) is 0 Å². The molecule has 12 rings (SSSR count). The second-order valence-electron chi connectivity index (χ2n) is 15.2. The fourth-order valence-electron chi connectivity index (χ4n) is 9.48. The van der Waals surface area contributed by atoms with Crippen molar-refractivity contribution in [2.24, 2.45) is 9.98 Å². The smallest absolute Gasteiger partial charge is 0.155 e. The van der Waals surface area contributed by atoms with Gasteiger partial charge in [0.25, 0.3) is 0 Å². The van der Waals surface area contributed by atoms with Gasteiger partial charge >= 0.3 is 0 Å². The van der Waals surface area contributed by atoms with Gasteiger partial charge in [0.2, 0.25) is 0 Å². The lowest BCUT2D eigenvalue weighted by Crippen LogP contribution is -2.17. The standard InChI is InChI=1S/C53H35N3O/c1-4-15-33(16-5-1)45-32-46(55-53(54-45)34-17-6-2-7-18-34)35-27-28-40-50(29-35)57-49-26-14-24-41(52(40)49)51-39-23-11-10-21-37(39)42-30-43-38-22-12-13-25-47(38)56(48(43)31-44(42)51)36-19-8-3-9-20-36/h1-31,46,51H,32H2. The molecule has 0 fully saturated rings. The molecule has 4 heteroatoms. The van der Waals surface area contributed by atoms with E-state index < -0.39 is 0 Å². The number of hydrogen-bond donors (Lipinski definition) is 0. The lowest BCUT2D eigenvalue weighted by molar-refractivity contribution is 0.665. The van der Waals surface area contributed by atoms with Crippen LogP contribution in [-0.4, -0.2) is 16.1 Å². The number of fused-ring (bicyclic) bond motifs is 9. The maximum absolute atomic E-state index is 6.79. The van der Waals surface area contributed by atoms with E-state index >= 15 is 0 Å². The van der Waals surface area contributed by atoms with Crippen LogP contribution in [-0.2, 0) is 0 Å². The highest BCUT2D eigenvalue weighted by molar-refractivity contribution is 6.15. The maximum atomic E-state index is 6.79. The zero-order valence-corrected chi connectivity index (χ0v) is 31.0. The molecular weight excluding hydrogens is 695 g/mol. The second kappa shape index (κ2) is 12.6. The summed E-state index contributed by atoms with van der Waals surface area (Å²) in [6, 6.07) is 67.3. The van der Waals surface area contributed by atoms with Gasteiger partial charge in [0.05, 0.1) is 22.8 Å². The Morgan fingerprint density at radius 2 is 1.21 bits per heavy atom. The zero-order valence-electron chi connectivity index (χ0n) is 31.0. The first-order chi connectivity index (χ1) is 28.3. The normalized spacial score (nSPS) is 16.2. The fraction of sp³-hybridized carbons (Fsp3) is 0.0566. The molecule has 10 aromatic rings. The van der Waals surface area contributed by atoms with Gasteiger partial charge < -0.3 is 8.98 Å². The van der Waals surface area contributed by atoms with Gasteiger partial charge in [-0.25, -0.2) is 4.99 Å². The number of rotatable bonds is 5. The predicted octanol–water partition coefficient (Wildman–Crippen LogP) is 13.2. The summed E-state index contributed by atoms with van der Waals surface area (Å²) >= 11 is 0. The number of furan rings is 1. The van der Waals surface area contributed by atoms with Crippen molar-refractivity contribution in [2.45, 2.75) is 18.4 Å². The number of para-hydroxylation sites is 2. The van der Waals surface area contributed by atoms with Crippen LogP contribution in [0, 0.1) is 0 Å². The highest BCUT2D eigenvalue weighted by Gasteiger charge is 2.33. The minimum absolute atomic E-state index is 0.0352. The summed E-state index contributed by atoms with van der Waals surface area (Å²) in [7, 11) is 0. The molecule has 3 heterocycles. The summed E-state index contributed by atoms with van der Waals surface area (Å²) in [5.74, 6) is 0.796. The fourth-order valence-corrected chi connectivity index (χ4v) is 9.48. The molecule has 0 amide bonds. The van der Waals surface area contributed by atoms with Gasteiger partial charge in [-0.15, -0.1) is 0 Å². The van der Waals surface area contributed by atoms with Crippen molar-refractivity contribution >= 4 is 55.3 Å². The quantitative estimate of drug-likeness (QED) is 0.174. The summed E-state index contributed by atoms with van der Waals surface area (Å²) in [6.45, 7) is 0. The van der Waals surface area contributed by atoms with Crippen molar-refractivity contribution in [1.29, 1.82) is 0 Å². The molecule has 8 aromatic carbocycles. The van der Waals surface area contributed by atoms with Crippen molar-refractivity contribution < 1.29 is 4.42 Å². The minimum Gasteiger partial charge on any atom is -0.456 e. The van der Waals surface area contributed by atoms with Gasteiger partial charge in [-0.2, -0.15) is 0 Å². The van der Waals surface area contributed by atoms with Crippen LogP contribution in [0.1, 0.15) is 51.8 Å². The van der Waals surface area contributed by atoms with Gasteiger partial charge in [-0.3, -0.25) is 4.99 Å². The molecule has 57 heavy (non-hydrogen) atoms. The molecule has 0 N–H and O–H groups in total. The molecule has 2 unspecified atom stereocenters. The van der Waals surface area contributed by atoms with Crippen molar-refractivity contribution in [3.05, 3.63) is 221 Å². The third kappa shape index (κ3) is 5.00. The summed E-state index contributed by atoms with van der Waals surface area (Å²) in [5, 5.41) is 4.82. The summed E-state index contributed by atoms with van der Waals surface area (Å²) < 4.78 is 9.21. The largest absolute Gasteiger partial charge is 0.456 e. The Kier molecular flexibility index (Phi) is 7.08. The lowest BCUT2D eigenvalue weighted by Gasteiger charge is -2.21. The third-order valence-electron chi connectivity index (χ3n) is 12.0. The van der Waals surface area contributed by atoms with Crippen LogP contribution >= 0.6 is 0 Å². The van der Waals surface area contributed by atoms with Gasteiger partial charge in [-0.05, 0) is 81.4 Å². The molecule has 4 nitrogen and oxygen atoms in total. The summed E-state index contributed by atoms with van der Waals surface area (Å²) in [6.07, 6.45) is 0.709. The Morgan fingerprint density at radius 1 is 0.491 bits per heavy atom. The number of aliphatic imine (C=N–C) groups is 2. The van der Waals surface area contributed by atoms with Crippen LogP contribution in [0.25, 0.3) is 60.6 Å². The molecule has 2 aliphatic rings. The molecule has 1 aliphatic carbocycles.